The van der Waals surface area contributed by atoms with Crippen LogP contribution in [-0.4, -0.2) is 30.1 Å². The van der Waals surface area contributed by atoms with E-state index in [0.717, 1.165) is 13.1 Å². The fourth-order valence-electron chi connectivity index (χ4n) is 2.27. The van der Waals surface area contributed by atoms with Crippen molar-refractivity contribution in [3.8, 4) is 0 Å². The van der Waals surface area contributed by atoms with Crippen molar-refractivity contribution >= 4 is 6.03 Å². The van der Waals surface area contributed by atoms with E-state index >= 15 is 0 Å². The molecule has 0 radical (unpaired) electrons. The summed E-state index contributed by atoms with van der Waals surface area (Å²) in [5.74, 6) is 0. The molecule has 1 N–H and O–H groups in total. The number of urea groups is 1. The Bertz CT molecular complexity index is 205. The Balaban J connectivity index is 1.92. The molecule has 2 amide bonds. The average Bonchev–Trinajstić information content (AvgIpc) is 2.30. The highest BCUT2D eigenvalue weighted by Crippen LogP contribution is 2.42. The van der Waals surface area contributed by atoms with Crippen LogP contribution in [0.2, 0.25) is 0 Å². The van der Waals surface area contributed by atoms with Gasteiger partial charge in [-0.25, -0.2) is 4.79 Å². The lowest BCUT2D eigenvalue weighted by molar-refractivity contribution is 0.0589. The van der Waals surface area contributed by atoms with E-state index in [1.54, 1.807) is 0 Å². The highest BCUT2D eigenvalue weighted by Gasteiger charge is 2.42. The molecule has 1 saturated carbocycles. The van der Waals surface area contributed by atoms with Crippen LogP contribution in [0.4, 0.5) is 4.79 Å². The van der Waals surface area contributed by atoms with Gasteiger partial charge in [0.1, 0.15) is 0 Å². The number of carbonyl (C=O) groups excluding carboxylic acids is 1. The van der Waals surface area contributed by atoms with E-state index in [2.05, 4.69) is 19.2 Å². The molecule has 0 aromatic rings. The van der Waals surface area contributed by atoms with Gasteiger partial charge >= 0.3 is 6.03 Å². The summed E-state index contributed by atoms with van der Waals surface area (Å²) >= 11 is 0. The molecule has 1 aliphatic carbocycles. The third kappa shape index (κ3) is 1.17. The number of amides is 2. The zero-order valence-corrected chi connectivity index (χ0v) is 7.76. The van der Waals surface area contributed by atoms with E-state index in [4.69, 9.17) is 0 Å². The van der Waals surface area contributed by atoms with E-state index < -0.39 is 0 Å². The Morgan fingerprint density at radius 1 is 1.50 bits per heavy atom. The smallest absolute Gasteiger partial charge is 0.317 e. The third-order valence-corrected chi connectivity index (χ3v) is 2.91. The van der Waals surface area contributed by atoms with Crippen molar-refractivity contribution in [2.24, 2.45) is 5.41 Å². The molecule has 2 fully saturated rings. The SMILES string of the molecule is CC1(C)CC(N2CCNC2=O)C1. The zero-order chi connectivity index (χ0) is 8.77. The van der Waals surface area contributed by atoms with Gasteiger partial charge in [0.15, 0.2) is 0 Å². The van der Waals surface area contributed by atoms with Gasteiger partial charge in [-0.2, -0.15) is 0 Å². The van der Waals surface area contributed by atoms with Crippen LogP contribution in [0.1, 0.15) is 26.7 Å². The number of nitrogens with zero attached hydrogens (tertiary/aromatic N) is 1. The van der Waals surface area contributed by atoms with Crippen LogP contribution in [0.5, 0.6) is 0 Å². The lowest BCUT2D eigenvalue weighted by atomic mass is 9.68. The molecular weight excluding hydrogens is 152 g/mol. The van der Waals surface area contributed by atoms with Crippen LogP contribution in [0.25, 0.3) is 0 Å². The topological polar surface area (TPSA) is 32.3 Å². The molecule has 12 heavy (non-hydrogen) atoms. The van der Waals surface area contributed by atoms with Gasteiger partial charge in [0.05, 0.1) is 0 Å². The predicted octanol–water partition coefficient (Wildman–Crippen LogP) is 1.20. The van der Waals surface area contributed by atoms with Gasteiger partial charge in [-0.3, -0.25) is 0 Å². The number of nitrogens with one attached hydrogen (secondary N) is 1. The van der Waals surface area contributed by atoms with Crippen LogP contribution in [-0.2, 0) is 0 Å². The summed E-state index contributed by atoms with van der Waals surface area (Å²) in [6, 6.07) is 0.651. The summed E-state index contributed by atoms with van der Waals surface area (Å²) in [7, 11) is 0. The first-order valence-corrected chi connectivity index (χ1v) is 4.63. The maximum atomic E-state index is 11.2. The molecule has 0 aromatic carbocycles. The van der Waals surface area contributed by atoms with Gasteiger partial charge in [0.2, 0.25) is 0 Å². The highest BCUT2D eigenvalue weighted by molar-refractivity contribution is 5.76. The maximum Gasteiger partial charge on any atom is 0.317 e. The first-order valence-electron chi connectivity index (χ1n) is 4.63. The molecular formula is C9H16N2O. The second kappa shape index (κ2) is 2.38. The van der Waals surface area contributed by atoms with E-state index in [-0.39, 0.29) is 6.03 Å². The molecule has 1 aliphatic heterocycles. The first kappa shape index (κ1) is 7.90. The molecule has 3 nitrogen and oxygen atoms in total. The highest BCUT2D eigenvalue weighted by atomic mass is 16.2. The molecule has 2 rings (SSSR count). The van der Waals surface area contributed by atoms with Gasteiger partial charge in [0, 0.05) is 19.1 Å². The number of rotatable bonds is 1. The van der Waals surface area contributed by atoms with Crippen LogP contribution in [0, 0.1) is 5.41 Å². The molecule has 3 heteroatoms. The number of hydrogen-bond acceptors (Lipinski definition) is 1. The molecule has 0 spiro atoms. The standard InChI is InChI=1S/C9H16N2O/c1-9(2)5-7(6-9)11-4-3-10-8(11)12/h7H,3-6H2,1-2H3,(H,10,12). The molecule has 2 aliphatic rings. The van der Waals surface area contributed by atoms with Crippen molar-refractivity contribution in [1.82, 2.24) is 10.2 Å². The Kier molecular flexibility index (Phi) is 1.56. The molecule has 0 bridgehead atoms. The molecule has 0 unspecified atom stereocenters. The molecule has 0 atom stereocenters. The lowest BCUT2D eigenvalue weighted by Gasteiger charge is -2.46. The summed E-state index contributed by atoms with van der Waals surface area (Å²) < 4.78 is 0. The van der Waals surface area contributed by atoms with Crippen LogP contribution in [0.15, 0.2) is 0 Å². The Labute approximate surface area is 73.1 Å². The van der Waals surface area contributed by atoms with E-state index in [9.17, 15) is 4.79 Å². The van der Waals surface area contributed by atoms with Crippen LogP contribution in [0.3, 0.4) is 0 Å². The van der Waals surface area contributed by atoms with Crippen LogP contribution < -0.4 is 5.32 Å². The zero-order valence-electron chi connectivity index (χ0n) is 7.76. The van der Waals surface area contributed by atoms with Gasteiger partial charge < -0.3 is 10.2 Å². The maximum absolute atomic E-state index is 11.2. The molecule has 1 heterocycles. The van der Waals surface area contributed by atoms with Crippen LogP contribution >= 0.6 is 0 Å². The quantitative estimate of drug-likeness (QED) is 0.627. The summed E-state index contributed by atoms with van der Waals surface area (Å²) in [5.41, 5.74) is 0.466. The Morgan fingerprint density at radius 3 is 2.58 bits per heavy atom. The summed E-state index contributed by atoms with van der Waals surface area (Å²) in [4.78, 5) is 13.2. The fourth-order valence-corrected chi connectivity index (χ4v) is 2.27. The Hall–Kier alpha value is -0.730. The Morgan fingerprint density at radius 2 is 2.17 bits per heavy atom. The lowest BCUT2D eigenvalue weighted by Crippen LogP contribution is -2.49. The minimum Gasteiger partial charge on any atom is -0.336 e. The minimum absolute atomic E-state index is 0.135. The summed E-state index contributed by atoms with van der Waals surface area (Å²) in [6.07, 6.45) is 2.33. The van der Waals surface area contributed by atoms with Gasteiger partial charge in [-0.05, 0) is 18.3 Å². The normalized spacial score (nSPS) is 28.5. The van der Waals surface area contributed by atoms with Crippen molar-refractivity contribution in [3.63, 3.8) is 0 Å². The molecule has 1 saturated heterocycles. The monoisotopic (exact) mass is 168 g/mol. The first-order chi connectivity index (χ1) is 5.58. The number of hydrogen-bond donors (Lipinski definition) is 1. The van der Waals surface area contributed by atoms with Crippen molar-refractivity contribution in [3.05, 3.63) is 0 Å². The van der Waals surface area contributed by atoms with E-state index in [1.165, 1.54) is 12.8 Å². The van der Waals surface area contributed by atoms with Gasteiger partial charge in [0.25, 0.3) is 0 Å². The van der Waals surface area contributed by atoms with Crippen molar-refractivity contribution in [1.29, 1.82) is 0 Å². The molecule has 68 valence electrons. The van der Waals surface area contributed by atoms with E-state index in [0.29, 0.717) is 11.5 Å². The fraction of sp³-hybridized carbons (Fsp3) is 0.889. The van der Waals surface area contributed by atoms with Gasteiger partial charge in [-0.15, -0.1) is 0 Å². The van der Waals surface area contributed by atoms with Crippen molar-refractivity contribution in [2.75, 3.05) is 13.1 Å². The average molecular weight is 168 g/mol. The van der Waals surface area contributed by atoms with Gasteiger partial charge in [-0.1, -0.05) is 13.8 Å². The number of carbonyl (C=O) groups is 1. The summed E-state index contributed by atoms with van der Waals surface area (Å²) in [6.45, 7) is 6.25. The van der Waals surface area contributed by atoms with E-state index in [1.807, 2.05) is 4.90 Å². The second-order valence-electron chi connectivity index (χ2n) is 4.65. The minimum atomic E-state index is 0.135. The molecule has 0 aromatic heterocycles. The largest absolute Gasteiger partial charge is 0.336 e. The second-order valence-corrected chi connectivity index (χ2v) is 4.65. The predicted molar refractivity (Wildman–Crippen MR) is 46.9 cm³/mol. The summed E-state index contributed by atoms with van der Waals surface area (Å²) in [5, 5.41) is 2.83. The van der Waals surface area contributed by atoms with Crippen molar-refractivity contribution in [2.45, 2.75) is 32.7 Å². The van der Waals surface area contributed by atoms with Crippen molar-refractivity contribution < 1.29 is 4.79 Å². The third-order valence-electron chi connectivity index (χ3n) is 2.91.